The summed E-state index contributed by atoms with van der Waals surface area (Å²) in [5, 5.41) is 0. The standard InChI is InChI=1S/C6H10O.H2O/c1-2-3-4-5-6-7;/h4-6H,2-3H2,1H3;1H2/b5-4+;. The summed E-state index contributed by atoms with van der Waals surface area (Å²) >= 11 is 0. The van der Waals surface area contributed by atoms with E-state index < -0.39 is 0 Å². The van der Waals surface area contributed by atoms with Crippen LogP contribution in [0, 0.1) is 0 Å². The van der Waals surface area contributed by atoms with Crippen molar-refractivity contribution in [1.82, 2.24) is 0 Å². The first-order valence-electron chi connectivity index (χ1n) is 2.52. The average Bonchev–Trinajstić information content (AvgIpc) is 1.69. The predicted octanol–water partition coefficient (Wildman–Crippen LogP) is 0.717. The third kappa shape index (κ3) is 9.03. The molecule has 2 N–H and O–H groups in total. The summed E-state index contributed by atoms with van der Waals surface area (Å²) < 4.78 is 0. The number of hydrogen-bond acceptors (Lipinski definition) is 1. The largest absolute Gasteiger partial charge is 0.412 e. The van der Waals surface area contributed by atoms with Gasteiger partial charge in [-0.1, -0.05) is 19.4 Å². The van der Waals surface area contributed by atoms with Crippen LogP contribution in [0.15, 0.2) is 12.2 Å². The molecule has 0 aliphatic rings. The molecule has 48 valence electrons. The van der Waals surface area contributed by atoms with E-state index in [9.17, 15) is 4.79 Å². The zero-order valence-electron chi connectivity index (χ0n) is 5.05. The van der Waals surface area contributed by atoms with Gasteiger partial charge in [-0.3, -0.25) is 4.79 Å². The number of hydrogen-bond donors (Lipinski definition) is 0. The molecule has 0 aromatic carbocycles. The topological polar surface area (TPSA) is 48.6 Å². The maximum atomic E-state index is 9.59. The molecule has 0 aromatic heterocycles. The van der Waals surface area contributed by atoms with Crippen molar-refractivity contribution in [2.24, 2.45) is 0 Å². The molecule has 0 saturated carbocycles. The number of unbranched alkanes of at least 4 members (excludes halogenated alkanes) is 1. The quantitative estimate of drug-likeness (QED) is 0.396. The second-order valence-electron chi connectivity index (χ2n) is 1.35. The van der Waals surface area contributed by atoms with E-state index in [-0.39, 0.29) is 5.48 Å². The third-order valence-electron chi connectivity index (χ3n) is 0.670. The molecule has 0 saturated heterocycles. The molecule has 0 aromatic rings. The van der Waals surface area contributed by atoms with Gasteiger partial charge in [-0.05, 0) is 12.5 Å². The van der Waals surface area contributed by atoms with Crippen LogP contribution in [0.4, 0.5) is 0 Å². The van der Waals surface area contributed by atoms with Crippen molar-refractivity contribution in [2.75, 3.05) is 0 Å². The Kier molecular flexibility index (Phi) is 12.5. The number of rotatable bonds is 3. The Labute approximate surface area is 49.5 Å². The second kappa shape index (κ2) is 9.62. The smallest absolute Gasteiger partial charge is 0.142 e. The minimum atomic E-state index is 0. The molecule has 0 fully saturated rings. The lowest BCUT2D eigenvalue weighted by atomic mass is 10.3. The highest BCUT2D eigenvalue weighted by molar-refractivity contribution is 5.64. The molecule has 0 spiro atoms. The molecule has 0 atom stereocenters. The van der Waals surface area contributed by atoms with Crippen LogP contribution < -0.4 is 0 Å². The molecular weight excluding hydrogens is 104 g/mol. The van der Waals surface area contributed by atoms with Crippen LogP contribution in [0.5, 0.6) is 0 Å². The molecule has 0 aliphatic carbocycles. The lowest BCUT2D eigenvalue weighted by Gasteiger charge is -1.76. The van der Waals surface area contributed by atoms with Gasteiger partial charge in [-0.25, -0.2) is 0 Å². The first kappa shape index (κ1) is 10.4. The molecule has 8 heavy (non-hydrogen) atoms. The van der Waals surface area contributed by atoms with Gasteiger partial charge < -0.3 is 5.48 Å². The summed E-state index contributed by atoms with van der Waals surface area (Å²) in [6.07, 6.45) is 6.33. The van der Waals surface area contributed by atoms with Crippen molar-refractivity contribution in [3.63, 3.8) is 0 Å². The van der Waals surface area contributed by atoms with Crippen LogP contribution in [-0.2, 0) is 4.79 Å². The molecule has 0 aliphatic heterocycles. The Morgan fingerprint density at radius 2 is 2.12 bits per heavy atom. The second-order valence-corrected chi connectivity index (χ2v) is 1.35. The number of carbonyl (C=O) groups is 1. The number of aldehydes is 1. The predicted molar refractivity (Wildman–Crippen MR) is 33.7 cm³/mol. The summed E-state index contributed by atoms with van der Waals surface area (Å²) in [7, 11) is 0. The lowest BCUT2D eigenvalue weighted by molar-refractivity contribution is -0.104. The van der Waals surface area contributed by atoms with E-state index in [4.69, 9.17) is 0 Å². The molecule has 0 rings (SSSR count). The normalized spacial score (nSPS) is 8.62. The summed E-state index contributed by atoms with van der Waals surface area (Å²) in [5.41, 5.74) is 0. The van der Waals surface area contributed by atoms with Crippen LogP contribution in [0.1, 0.15) is 19.8 Å². The van der Waals surface area contributed by atoms with Crippen LogP contribution in [-0.4, -0.2) is 11.8 Å². The van der Waals surface area contributed by atoms with Gasteiger partial charge in [0.05, 0.1) is 0 Å². The van der Waals surface area contributed by atoms with E-state index in [1.807, 2.05) is 6.08 Å². The van der Waals surface area contributed by atoms with Gasteiger partial charge in [0.15, 0.2) is 0 Å². The highest BCUT2D eigenvalue weighted by Gasteiger charge is 1.67. The lowest BCUT2D eigenvalue weighted by Crippen LogP contribution is -1.61. The fourth-order valence-electron chi connectivity index (χ4n) is 0.318. The molecule has 0 heterocycles. The summed E-state index contributed by atoms with van der Waals surface area (Å²) in [6, 6.07) is 0. The summed E-state index contributed by atoms with van der Waals surface area (Å²) in [4.78, 5) is 9.59. The number of allylic oxidation sites excluding steroid dienone is 2. The average molecular weight is 116 g/mol. The van der Waals surface area contributed by atoms with Crippen molar-refractivity contribution < 1.29 is 10.3 Å². The monoisotopic (exact) mass is 116 g/mol. The first-order chi connectivity index (χ1) is 3.41. The van der Waals surface area contributed by atoms with Crippen molar-refractivity contribution in [3.8, 4) is 0 Å². The van der Waals surface area contributed by atoms with E-state index in [0.717, 1.165) is 19.1 Å². The Morgan fingerprint density at radius 3 is 2.50 bits per heavy atom. The van der Waals surface area contributed by atoms with Crippen molar-refractivity contribution in [1.29, 1.82) is 0 Å². The van der Waals surface area contributed by atoms with Gasteiger partial charge in [-0.15, -0.1) is 0 Å². The zero-order chi connectivity index (χ0) is 5.54. The van der Waals surface area contributed by atoms with E-state index >= 15 is 0 Å². The van der Waals surface area contributed by atoms with Gasteiger partial charge in [0.2, 0.25) is 0 Å². The minimum Gasteiger partial charge on any atom is -0.412 e. The van der Waals surface area contributed by atoms with Crippen molar-refractivity contribution >= 4 is 6.29 Å². The molecule has 0 bridgehead atoms. The molecule has 2 nitrogen and oxygen atoms in total. The third-order valence-corrected chi connectivity index (χ3v) is 0.670. The van der Waals surface area contributed by atoms with Crippen molar-refractivity contribution in [3.05, 3.63) is 12.2 Å². The van der Waals surface area contributed by atoms with Gasteiger partial charge in [0.25, 0.3) is 0 Å². The molecular formula is C6H12O2. The fraction of sp³-hybridized carbons (Fsp3) is 0.500. The maximum Gasteiger partial charge on any atom is 0.142 e. The Hall–Kier alpha value is -0.630. The van der Waals surface area contributed by atoms with Crippen LogP contribution in [0.25, 0.3) is 0 Å². The van der Waals surface area contributed by atoms with Gasteiger partial charge in [-0.2, -0.15) is 0 Å². The molecule has 0 amide bonds. The Morgan fingerprint density at radius 1 is 1.50 bits per heavy atom. The molecule has 2 heteroatoms. The Bertz CT molecular complexity index is 66.9. The van der Waals surface area contributed by atoms with Crippen LogP contribution in [0.2, 0.25) is 0 Å². The van der Waals surface area contributed by atoms with Gasteiger partial charge in [0.1, 0.15) is 6.29 Å². The van der Waals surface area contributed by atoms with Crippen molar-refractivity contribution in [2.45, 2.75) is 19.8 Å². The van der Waals surface area contributed by atoms with E-state index in [1.165, 1.54) is 6.08 Å². The first-order valence-corrected chi connectivity index (χ1v) is 2.52. The van der Waals surface area contributed by atoms with Gasteiger partial charge in [0, 0.05) is 0 Å². The fourth-order valence-corrected chi connectivity index (χ4v) is 0.318. The SMILES string of the molecule is CCC/C=C/C=O.O. The van der Waals surface area contributed by atoms with Crippen LogP contribution in [0.3, 0.4) is 0 Å². The Balaban J connectivity index is 0. The summed E-state index contributed by atoms with van der Waals surface area (Å²) in [5.74, 6) is 0. The van der Waals surface area contributed by atoms with E-state index in [1.54, 1.807) is 0 Å². The van der Waals surface area contributed by atoms with E-state index in [2.05, 4.69) is 6.92 Å². The maximum absolute atomic E-state index is 9.59. The molecule has 0 unspecified atom stereocenters. The van der Waals surface area contributed by atoms with E-state index in [0.29, 0.717) is 0 Å². The highest BCUT2D eigenvalue weighted by atomic mass is 16.1. The van der Waals surface area contributed by atoms with Gasteiger partial charge >= 0.3 is 0 Å². The summed E-state index contributed by atoms with van der Waals surface area (Å²) in [6.45, 7) is 2.08. The highest BCUT2D eigenvalue weighted by Crippen LogP contribution is 1.85. The zero-order valence-corrected chi connectivity index (χ0v) is 5.05. The number of carbonyl (C=O) groups excluding carboxylic acids is 1. The molecule has 0 radical (unpaired) electrons. The minimum absolute atomic E-state index is 0. The van der Waals surface area contributed by atoms with Crippen LogP contribution >= 0.6 is 0 Å².